The number of nitrogens with zero attached hydrogens (tertiary/aromatic N) is 3. The molecule has 12 heteroatoms. The average Bonchev–Trinajstić information content (AvgIpc) is 3.03. The van der Waals surface area contributed by atoms with Crippen LogP contribution >= 0.6 is 23.2 Å². The maximum atomic E-state index is 13.3. The molecule has 3 aromatic rings. The van der Waals surface area contributed by atoms with Crippen LogP contribution in [0.1, 0.15) is 6.92 Å². The normalized spacial score (nSPS) is 19.6. The van der Waals surface area contributed by atoms with Crippen molar-refractivity contribution >= 4 is 50.0 Å². The number of methoxy groups -OCH3 is 2. The predicted octanol–water partition coefficient (Wildman–Crippen LogP) is 3.16. The van der Waals surface area contributed by atoms with Crippen molar-refractivity contribution in [3.8, 4) is 22.6 Å². The quantitative estimate of drug-likeness (QED) is 0.554. The van der Waals surface area contributed by atoms with Gasteiger partial charge in [0.25, 0.3) is 5.56 Å². The minimum Gasteiger partial charge on any atom is -0.495 e. The third-order valence-corrected chi connectivity index (χ3v) is 8.39. The Hall–Kier alpha value is -2.56. The highest BCUT2D eigenvalue weighted by atomic mass is 35.5. The van der Waals surface area contributed by atoms with Crippen molar-refractivity contribution in [1.29, 1.82) is 0 Å². The highest BCUT2D eigenvalue weighted by Crippen LogP contribution is 2.45. The maximum Gasteiger partial charge on any atom is 0.259 e. The van der Waals surface area contributed by atoms with Gasteiger partial charge in [-0.15, -0.1) is 0 Å². The number of rotatable bonds is 5. The summed E-state index contributed by atoms with van der Waals surface area (Å²) in [5, 5.41) is 4.01. The summed E-state index contributed by atoms with van der Waals surface area (Å²) < 4.78 is 35.8. The van der Waals surface area contributed by atoms with Crippen LogP contribution < -0.4 is 20.3 Å². The van der Waals surface area contributed by atoms with E-state index in [-0.39, 0.29) is 56.1 Å². The molecule has 2 unspecified atom stereocenters. The van der Waals surface area contributed by atoms with Gasteiger partial charge in [-0.2, -0.15) is 4.98 Å². The minimum absolute atomic E-state index is 0.0160. The van der Waals surface area contributed by atoms with Crippen LogP contribution in [0.3, 0.4) is 0 Å². The summed E-state index contributed by atoms with van der Waals surface area (Å²) in [6, 6.07) is 2.85. The molecule has 1 fully saturated rings. The molecule has 1 aliphatic rings. The molecule has 2 atom stereocenters. The van der Waals surface area contributed by atoms with E-state index in [4.69, 9.17) is 32.7 Å². The fourth-order valence-corrected chi connectivity index (χ4v) is 6.82. The number of pyridine rings is 1. The lowest BCUT2D eigenvalue weighted by Gasteiger charge is -2.17. The van der Waals surface area contributed by atoms with Gasteiger partial charge in [0.15, 0.2) is 9.84 Å². The first-order valence-electron chi connectivity index (χ1n) is 10.0. The molecule has 2 aromatic heterocycles. The standard InChI is InChI=1S/C21H22Cl2N4O5S/c1-10-8-33(29,30)9-13(10)25-21-24-7-11-5-12(20(28)27(2)19(11)26-21)16-17(22)14(31-3)6-15(32-4)18(16)23/h5-7,10,13H,8-9H2,1-4H3,(H,24,25,26). The molecule has 0 saturated carbocycles. The van der Waals surface area contributed by atoms with Crippen LogP contribution in [0.15, 0.2) is 23.1 Å². The van der Waals surface area contributed by atoms with E-state index in [0.29, 0.717) is 22.5 Å². The molecule has 33 heavy (non-hydrogen) atoms. The second-order valence-electron chi connectivity index (χ2n) is 7.98. The Kier molecular flexibility index (Phi) is 6.19. The van der Waals surface area contributed by atoms with Crippen molar-refractivity contribution in [3.63, 3.8) is 0 Å². The number of anilines is 1. The first-order chi connectivity index (χ1) is 15.6. The van der Waals surface area contributed by atoms with Gasteiger partial charge in [-0.25, -0.2) is 13.4 Å². The Morgan fingerprint density at radius 2 is 1.76 bits per heavy atom. The van der Waals surface area contributed by atoms with E-state index in [9.17, 15) is 13.2 Å². The van der Waals surface area contributed by atoms with Gasteiger partial charge in [0.2, 0.25) is 5.95 Å². The van der Waals surface area contributed by atoms with Crippen LogP contribution in [0.5, 0.6) is 11.5 Å². The van der Waals surface area contributed by atoms with E-state index in [1.807, 2.05) is 6.92 Å². The van der Waals surface area contributed by atoms with Gasteiger partial charge in [-0.05, 0) is 12.0 Å². The number of aryl methyl sites for hydroxylation is 1. The zero-order valence-corrected chi connectivity index (χ0v) is 20.7. The molecule has 0 bridgehead atoms. The van der Waals surface area contributed by atoms with Crippen molar-refractivity contribution in [2.45, 2.75) is 13.0 Å². The Bertz CT molecular complexity index is 1400. The number of fused-ring (bicyclic) bond motifs is 1. The summed E-state index contributed by atoms with van der Waals surface area (Å²) >= 11 is 13.0. The molecule has 1 aliphatic heterocycles. The van der Waals surface area contributed by atoms with E-state index in [1.54, 1.807) is 25.4 Å². The number of sulfone groups is 1. The van der Waals surface area contributed by atoms with Crippen molar-refractivity contribution in [2.75, 3.05) is 31.0 Å². The summed E-state index contributed by atoms with van der Waals surface area (Å²) in [4.78, 5) is 22.1. The first kappa shape index (κ1) is 23.6. The number of halogens is 2. The van der Waals surface area contributed by atoms with Crippen LogP contribution in [-0.2, 0) is 16.9 Å². The minimum atomic E-state index is -3.10. The topological polar surface area (TPSA) is 112 Å². The van der Waals surface area contributed by atoms with E-state index < -0.39 is 9.84 Å². The fraction of sp³-hybridized carbons (Fsp3) is 0.381. The van der Waals surface area contributed by atoms with Gasteiger partial charge in [0, 0.05) is 36.3 Å². The Morgan fingerprint density at radius 1 is 1.12 bits per heavy atom. The van der Waals surface area contributed by atoms with Crippen LogP contribution in [0.2, 0.25) is 10.0 Å². The lowest BCUT2D eigenvalue weighted by molar-refractivity contribution is 0.395. The van der Waals surface area contributed by atoms with Crippen LogP contribution in [-0.4, -0.2) is 54.7 Å². The third-order valence-electron chi connectivity index (χ3n) is 5.74. The molecule has 0 amide bonds. The largest absolute Gasteiger partial charge is 0.495 e. The summed E-state index contributed by atoms with van der Waals surface area (Å²) in [6.45, 7) is 1.86. The van der Waals surface area contributed by atoms with Gasteiger partial charge >= 0.3 is 0 Å². The number of nitrogens with one attached hydrogen (secondary N) is 1. The predicted molar refractivity (Wildman–Crippen MR) is 129 cm³/mol. The van der Waals surface area contributed by atoms with Gasteiger partial charge in [-0.3, -0.25) is 9.36 Å². The van der Waals surface area contributed by atoms with Crippen LogP contribution in [0, 0.1) is 5.92 Å². The van der Waals surface area contributed by atoms with E-state index >= 15 is 0 Å². The van der Waals surface area contributed by atoms with Crippen molar-refractivity contribution < 1.29 is 17.9 Å². The maximum absolute atomic E-state index is 13.3. The van der Waals surface area contributed by atoms with Gasteiger partial charge in [0.1, 0.15) is 17.1 Å². The second kappa shape index (κ2) is 8.66. The molecular formula is C21H22Cl2N4O5S. The highest BCUT2D eigenvalue weighted by Gasteiger charge is 2.35. The molecule has 0 radical (unpaired) electrons. The fourth-order valence-electron chi connectivity index (χ4n) is 3.99. The number of aromatic nitrogens is 3. The van der Waals surface area contributed by atoms with Crippen LogP contribution in [0.25, 0.3) is 22.2 Å². The van der Waals surface area contributed by atoms with E-state index in [1.165, 1.54) is 18.8 Å². The lowest BCUT2D eigenvalue weighted by atomic mass is 10.0. The van der Waals surface area contributed by atoms with Crippen molar-refractivity contribution in [3.05, 3.63) is 38.7 Å². The molecule has 4 rings (SSSR count). The van der Waals surface area contributed by atoms with E-state index in [0.717, 1.165) is 0 Å². The van der Waals surface area contributed by atoms with Crippen molar-refractivity contribution in [2.24, 2.45) is 13.0 Å². The van der Waals surface area contributed by atoms with Crippen molar-refractivity contribution in [1.82, 2.24) is 14.5 Å². The summed E-state index contributed by atoms with van der Waals surface area (Å²) in [5.74, 6) is 0.928. The highest BCUT2D eigenvalue weighted by molar-refractivity contribution is 7.91. The Labute approximate surface area is 200 Å². The average molecular weight is 513 g/mol. The molecule has 1 aromatic carbocycles. The van der Waals surface area contributed by atoms with E-state index in [2.05, 4.69) is 15.3 Å². The van der Waals surface area contributed by atoms with Gasteiger partial charge < -0.3 is 14.8 Å². The molecule has 176 valence electrons. The monoisotopic (exact) mass is 512 g/mol. The van der Waals surface area contributed by atoms with Gasteiger partial charge in [0.05, 0.1) is 41.3 Å². The zero-order valence-electron chi connectivity index (χ0n) is 18.3. The number of ether oxygens (including phenoxy) is 2. The van der Waals surface area contributed by atoms with Gasteiger partial charge in [-0.1, -0.05) is 30.1 Å². The second-order valence-corrected chi connectivity index (χ2v) is 10.9. The molecule has 0 aliphatic carbocycles. The Morgan fingerprint density at radius 3 is 2.30 bits per heavy atom. The first-order valence-corrected chi connectivity index (χ1v) is 12.6. The molecule has 0 spiro atoms. The van der Waals surface area contributed by atoms with Crippen LogP contribution in [0.4, 0.5) is 5.95 Å². The number of hydrogen-bond donors (Lipinski definition) is 1. The SMILES string of the molecule is COc1cc(OC)c(Cl)c(-c2cc3cnc(NC4CS(=O)(=O)CC4C)nc3n(C)c2=O)c1Cl. The third kappa shape index (κ3) is 4.22. The summed E-state index contributed by atoms with van der Waals surface area (Å²) in [5.41, 5.74) is 0.501. The molecule has 1 saturated heterocycles. The lowest BCUT2D eigenvalue weighted by Crippen LogP contribution is -2.27. The number of benzene rings is 1. The smallest absolute Gasteiger partial charge is 0.259 e. The summed E-state index contributed by atoms with van der Waals surface area (Å²) in [7, 11) is 1.39. The number of hydrogen-bond acceptors (Lipinski definition) is 8. The summed E-state index contributed by atoms with van der Waals surface area (Å²) in [6.07, 6.45) is 1.56. The Balaban J connectivity index is 1.83. The molecule has 3 heterocycles. The molecule has 9 nitrogen and oxygen atoms in total. The molecular weight excluding hydrogens is 491 g/mol. The molecule has 1 N–H and O–H groups in total. The zero-order chi connectivity index (χ0) is 24.1.